The maximum absolute atomic E-state index is 12.0. The zero-order valence-corrected chi connectivity index (χ0v) is 12.6. The molecule has 0 saturated carbocycles. The highest BCUT2D eigenvalue weighted by atomic mass is 16.5. The summed E-state index contributed by atoms with van der Waals surface area (Å²) in [6, 6.07) is 4.85. The van der Waals surface area contributed by atoms with Gasteiger partial charge in [-0.1, -0.05) is 19.9 Å². The van der Waals surface area contributed by atoms with Crippen molar-refractivity contribution in [3.63, 3.8) is 0 Å². The molecule has 0 spiro atoms. The van der Waals surface area contributed by atoms with Gasteiger partial charge in [0.25, 0.3) is 5.91 Å². The standard InChI is InChI=1S/C15H22N2O4/c1-10(2)7-8-17-13(18)9-21-15(19)14-11(16)5-4-6-12(14)20-3/h4-6,10H,7-9,16H2,1-3H3,(H,17,18). The van der Waals surface area contributed by atoms with Gasteiger partial charge in [0, 0.05) is 12.2 Å². The Morgan fingerprint density at radius 3 is 2.67 bits per heavy atom. The van der Waals surface area contributed by atoms with Crippen LogP contribution in [0.5, 0.6) is 5.75 Å². The number of rotatable bonds is 7. The highest BCUT2D eigenvalue weighted by molar-refractivity contribution is 5.99. The summed E-state index contributed by atoms with van der Waals surface area (Å²) in [5, 5.41) is 2.69. The van der Waals surface area contributed by atoms with Gasteiger partial charge in [0.15, 0.2) is 6.61 Å². The van der Waals surface area contributed by atoms with E-state index < -0.39 is 5.97 Å². The molecule has 0 heterocycles. The van der Waals surface area contributed by atoms with Gasteiger partial charge in [-0.05, 0) is 24.5 Å². The molecule has 0 saturated heterocycles. The van der Waals surface area contributed by atoms with Gasteiger partial charge in [0.2, 0.25) is 0 Å². The second-order valence-electron chi connectivity index (χ2n) is 5.03. The number of carbonyl (C=O) groups excluding carboxylic acids is 2. The number of benzene rings is 1. The SMILES string of the molecule is COc1cccc(N)c1C(=O)OCC(=O)NCCC(C)C. The molecule has 116 valence electrons. The van der Waals surface area contributed by atoms with Gasteiger partial charge >= 0.3 is 5.97 Å². The van der Waals surface area contributed by atoms with Crippen LogP contribution in [-0.4, -0.2) is 32.1 Å². The Labute approximate surface area is 124 Å². The van der Waals surface area contributed by atoms with Gasteiger partial charge in [0.1, 0.15) is 11.3 Å². The van der Waals surface area contributed by atoms with Crippen molar-refractivity contribution < 1.29 is 19.1 Å². The van der Waals surface area contributed by atoms with Gasteiger partial charge in [0.05, 0.1) is 7.11 Å². The smallest absolute Gasteiger partial charge is 0.344 e. The number of carbonyl (C=O) groups is 2. The van der Waals surface area contributed by atoms with Crippen LogP contribution in [0.4, 0.5) is 5.69 Å². The lowest BCUT2D eigenvalue weighted by atomic mass is 10.1. The van der Waals surface area contributed by atoms with Crippen LogP contribution in [0.15, 0.2) is 18.2 Å². The van der Waals surface area contributed by atoms with Crippen LogP contribution in [0.25, 0.3) is 0 Å². The summed E-state index contributed by atoms with van der Waals surface area (Å²) in [5.74, 6) is -0.192. The average molecular weight is 294 g/mol. The highest BCUT2D eigenvalue weighted by Gasteiger charge is 2.18. The van der Waals surface area contributed by atoms with E-state index in [1.165, 1.54) is 7.11 Å². The Bertz CT molecular complexity index is 500. The van der Waals surface area contributed by atoms with E-state index in [0.29, 0.717) is 18.2 Å². The molecule has 0 aromatic heterocycles. The summed E-state index contributed by atoms with van der Waals surface area (Å²) in [5.41, 5.74) is 6.12. The first-order valence-electron chi connectivity index (χ1n) is 6.82. The molecule has 0 atom stereocenters. The van der Waals surface area contributed by atoms with Crippen LogP contribution >= 0.6 is 0 Å². The minimum atomic E-state index is -0.677. The Morgan fingerprint density at radius 1 is 1.33 bits per heavy atom. The molecule has 0 unspecified atom stereocenters. The third-order valence-electron chi connectivity index (χ3n) is 2.86. The molecule has 0 bridgehead atoms. The van der Waals surface area contributed by atoms with E-state index in [1.807, 2.05) is 0 Å². The number of nitrogens with one attached hydrogen (secondary N) is 1. The molecule has 6 nitrogen and oxygen atoms in total. The van der Waals surface area contributed by atoms with Crippen LogP contribution in [0.2, 0.25) is 0 Å². The van der Waals surface area contributed by atoms with Crippen molar-refractivity contribution in [3.8, 4) is 5.75 Å². The van der Waals surface area contributed by atoms with E-state index >= 15 is 0 Å². The fraction of sp³-hybridized carbons (Fsp3) is 0.467. The highest BCUT2D eigenvalue weighted by Crippen LogP contribution is 2.24. The quantitative estimate of drug-likeness (QED) is 0.589. The number of hydrogen-bond acceptors (Lipinski definition) is 5. The number of methoxy groups -OCH3 is 1. The molecule has 6 heteroatoms. The average Bonchev–Trinajstić information content (AvgIpc) is 2.44. The first kappa shape index (κ1) is 16.8. The molecular formula is C15H22N2O4. The van der Waals surface area contributed by atoms with Crippen molar-refractivity contribution in [2.24, 2.45) is 5.92 Å². The van der Waals surface area contributed by atoms with Crippen molar-refractivity contribution in [2.45, 2.75) is 20.3 Å². The van der Waals surface area contributed by atoms with Crippen molar-refractivity contribution in [2.75, 3.05) is 26.0 Å². The first-order chi connectivity index (χ1) is 9.95. The summed E-state index contributed by atoms with van der Waals surface area (Å²) < 4.78 is 10.0. The Morgan fingerprint density at radius 2 is 2.05 bits per heavy atom. The van der Waals surface area contributed by atoms with E-state index in [2.05, 4.69) is 19.2 Å². The topological polar surface area (TPSA) is 90.7 Å². The second kappa shape index (κ2) is 8.14. The maximum atomic E-state index is 12.0. The molecular weight excluding hydrogens is 272 g/mol. The number of hydrogen-bond donors (Lipinski definition) is 2. The van der Waals surface area contributed by atoms with E-state index in [-0.39, 0.29) is 23.8 Å². The zero-order chi connectivity index (χ0) is 15.8. The molecule has 0 aliphatic carbocycles. The predicted molar refractivity (Wildman–Crippen MR) is 80.2 cm³/mol. The van der Waals surface area contributed by atoms with E-state index in [9.17, 15) is 9.59 Å². The van der Waals surface area contributed by atoms with Gasteiger partial charge in [-0.3, -0.25) is 4.79 Å². The van der Waals surface area contributed by atoms with E-state index in [1.54, 1.807) is 18.2 Å². The van der Waals surface area contributed by atoms with Gasteiger partial charge in [-0.25, -0.2) is 4.79 Å². The lowest BCUT2D eigenvalue weighted by Gasteiger charge is -2.11. The number of nitrogens with two attached hydrogens (primary N) is 1. The maximum Gasteiger partial charge on any atom is 0.344 e. The van der Waals surface area contributed by atoms with Crippen molar-refractivity contribution in [3.05, 3.63) is 23.8 Å². The summed E-state index contributed by atoms with van der Waals surface area (Å²) in [7, 11) is 1.43. The van der Waals surface area contributed by atoms with Gasteiger partial charge in [-0.2, -0.15) is 0 Å². The number of anilines is 1. The molecule has 21 heavy (non-hydrogen) atoms. The Hall–Kier alpha value is -2.24. The summed E-state index contributed by atoms with van der Waals surface area (Å²) in [4.78, 5) is 23.5. The van der Waals surface area contributed by atoms with Crippen LogP contribution < -0.4 is 15.8 Å². The normalized spacial score (nSPS) is 10.3. The fourth-order valence-electron chi connectivity index (χ4n) is 1.69. The molecule has 1 aromatic rings. The van der Waals surface area contributed by atoms with Crippen LogP contribution in [0.1, 0.15) is 30.6 Å². The van der Waals surface area contributed by atoms with Crippen molar-refractivity contribution in [1.82, 2.24) is 5.32 Å². The molecule has 1 aromatic carbocycles. The largest absolute Gasteiger partial charge is 0.496 e. The third kappa shape index (κ3) is 5.33. The van der Waals surface area contributed by atoms with E-state index in [4.69, 9.17) is 15.2 Å². The molecule has 0 aliphatic rings. The van der Waals surface area contributed by atoms with Crippen LogP contribution in [0, 0.1) is 5.92 Å². The number of amides is 1. The molecule has 0 aliphatic heterocycles. The Balaban J connectivity index is 2.53. The second-order valence-corrected chi connectivity index (χ2v) is 5.03. The lowest BCUT2D eigenvalue weighted by molar-refractivity contribution is -0.124. The van der Waals surface area contributed by atoms with Gasteiger partial charge in [-0.15, -0.1) is 0 Å². The minimum Gasteiger partial charge on any atom is -0.496 e. The van der Waals surface area contributed by atoms with Crippen LogP contribution in [-0.2, 0) is 9.53 Å². The third-order valence-corrected chi connectivity index (χ3v) is 2.86. The summed E-state index contributed by atoms with van der Waals surface area (Å²) in [6.45, 7) is 4.35. The molecule has 1 amide bonds. The number of ether oxygens (including phenoxy) is 2. The van der Waals surface area contributed by atoms with Crippen LogP contribution in [0.3, 0.4) is 0 Å². The number of nitrogen functional groups attached to an aromatic ring is 1. The molecule has 0 fully saturated rings. The fourth-order valence-corrected chi connectivity index (χ4v) is 1.69. The lowest BCUT2D eigenvalue weighted by Crippen LogP contribution is -2.30. The first-order valence-corrected chi connectivity index (χ1v) is 6.82. The molecule has 0 radical (unpaired) electrons. The monoisotopic (exact) mass is 294 g/mol. The summed E-state index contributed by atoms with van der Waals surface area (Å²) >= 11 is 0. The molecule has 1 rings (SSSR count). The van der Waals surface area contributed by atoms with Gasteiger partial charge < -0.3 is 20.5 Å². The predicted octanol–water partition coefficient (Wildman–Crippen LogP) is 1.60. The minimum absolute atomic E-state index is 0.134. The zero-order valence-electron chi connectivity index (χ0n) is 12.6. The van der Waals surface area contributed by atoms with Crippen molar-refractivity contribution >= 4 is 17.6 Å². The number of esters is 1. The summed E-state index contributed by atoms with van der Waals surface area (Å²) in [6.07, 6.45) is 0.874. The molecule has 3 N–H and O–H groups in total. The Kier molecular flexibility index (Phi) is 6.52. The van der Waals surface area contributed by atoms with E-state index in [0.717, 1.165) is 6.42 Å². The van der Waals surface area contributed by atoms with Crippen molar-refractivity contribution in [1.29, 1.82) is 0 Å².